The smallest absolute Gasteiger partial charge is 0.262 e. The van der Waals surface area contributed by atoms with Gasteiger partial charge >= 0.3 is 0 Å². The predicted octanol–water partition coefficient (Wildman–Crippen LogP) is 3.34. The van der Waals surface area contributed by atoms with Crippen LogP contribution in [0, 0.1) is 5.82 Å². The van der Waals surface area contributed by atoms with E-state index >= 15 is 0 Å². The fourth-order valence-corrected chi connectivity index (χ4v) is 6.13. The van der Waals surface area contributed by atoms with E-state index in [2.05, 4.69) is 10.0 Å². The average Bonchev–Trinajstić information content (AvgIpc) is 3.30. The molecule has 3 N–H and O–H groups in total. The number of methoxy groups -OCH3 is 1. The Morgan fingerprint density at radius 1 is 1.13 bits per heavy atom. The molecule has 11 heteroatoms. The molecule has 0 unspecified atom stereocenters. The number of aliphatic hydroxyl groups excluding tert-OH is 1. The summed E-state index contributed by atoms with van der Waals surface area (Å²) in [6, 6.07) is 17.4. The molecule has 2 aliphatic rings. The molecule has 206 valence electrons. The minimum Gasteiger partial charge on any atom is -0.497 e. The van der Waals surface area contributed by atoms with E-state index < -0.39 is 34.2 Å². The Hall–Kier alpha value is -3.67. The Morgan fingerprint density at radius 3 is 2.72 bits per heavy atom. The lowest BCUT2D eigenvalue weighted by atomic mass is 9.84. The summed E-state index contributed by atoms with van der Waals surface area (Å²) in [6.07, 6.45) is -1.22. The number of sulfonamides is 1. The van der Waals surface area contributed by atoms with Crippen molar-refractivity contribution < 1.29 is 36.9 Å². The Kier molecular flexibility index (Phi) is 7.74. The average molecular weight is 557 g/mol. The number of amides is 1. The number of halogens is 1. The number of nitrogens with one attached hydrogen (secondary N) is 2. The number of fused-ring (bicyclic) bond motifs is 3. The first-order valence-corrected chi connectivity index (χ1v) is 14.0. The molecule has 0 bridgehead atoms. The molecule has 0 spiro atoms. The van der Waals surface area contributed by atoms with Gasteiger partial charge in [-0.3, -0.25) is 9.52 Å². The van der Waals surface area contributed by atoms with Gasteiger partial charge < -0.3 is 24.6 Å². The number of hydrogen-bond acceptors (Lipinski definition) is 7. The summed E-state index contributed by atoms with van der Waals surface area (Å²) < 4.78 is 59.7. The van der Waals surface area contributed by atoms with Gasteiger partial charge in [0.1, 0.15) is 29.5 Å². The quantitative estimate of drug-likeness (QED) is 0.370. The molecule has 1 saturated heterocycles. The van der Waals surface area contributed by atoms with Crippen molar-refractivity contribution in [2.24, 2.45) is 0 Å². The van der Waals surface area contributed by atoms with Crippen LogP contribution in [0.4, 0.5) is 10.1 Å². The molecule has 1 fully saturated rings. The summed E-state index contributed by atoms with van der Waals surface area (Å²) in [6.45, 7) is -0.256. The zero-order valence-corrected chi connectivity index (χ0v) is 22.0. The summed E-state index contributed by atoms with van der Waals surface area (Å²) in [5, 5.41) is 12.7. The fourth-order valence-electron chi connectivity index (χ4n) is 5.05. The van der Waals surface area contributed by atoms with E-state index in [1.807, 2.05) is 0 Å². The molecule has 0 saturated carbocycles. The highest BCUT2D eigenvalue weighted by Crippen LogP contribution is 2.47. The molecule has 3 aromatic rings. The molecule has 1 amide bonds. The van der Waals surface area contributed by atoms with Crippen LogP contribution in [0.3, 0.4) is 0 Å². The van der Waals surface area contributed by atoms with Crippen molar-refractivity contribution in [3.63, 3.8) is 0 Å². The van der Waals surface area contributed by atoms with Crippen molar-refractivity contribution in [2.45, 2.75) is 48.5 Å². The van der Waals surface area contributed by atoms with E-state index in [1.54, 1.807) is 48.5 Å². The van der Waals surface area contributed by atoms with Crippen LogP contribution in [0.2, 0.25) is 0 Å². The Balaban J connectivity index is 1.29. The van der Waals surface area contributed by atoms with Gasteiger partial charge in [-0.1, -0.05) is 24.3 Å². The fraction of sp³-hybridized carbons (Fsp3) is 0.321. The van der Waals surface area contributed by atoms with Gasteiger partial charge in [0.15, 0.2) is 0 Å². The SMILES string of the molecule is COc1cccc(S(=O)(=O)Nc2ccc3c(c2)[C@H]2C[C@@H](CC(=O)NCc4ccccc4F)O[C@H](CO)[C@H]2O3)c1. The summed E-state index contributed by atoms with van der Waals surface area (Å²) in [4.78, 5) is 12.7. The second-order valence-corrected chi connectivity index (χ2v) is 11.2. The van der Waals surface area contributed by atoms with Gasteiger partial charge in [0, 0.05) is 35.3 Å². The molecule has 4 atom stereocenters. The third kappa shape index (κ3) is 5.85. The van der Waals surface area contributed by atoms with E-state index in [0.29, 0.717) is 29.2 Å². The largest absolute Gasteiger partial charge is 0.497 e. The van der Waals surface area contributed by atoms with Crippen LogP contribution >= 0.6 is 0 Å². The van der Waals surface area contributed by atoms with Crippen LogP contribution in [0.1, 0.15) is 29.9 Å². The first-order chi connectivity index (χ1) is 18.8. The first kappa shape index (κ1) is 26.9. The first-order valence-electron chi connectivity index (χ1n) is 12.5. The highest BCUT2D eigenvalue weighted by Gasteiger charge is 2.46. The van der Waals surface area contributed by atoms with Gasteiger partial charge in [0.05, 0.1) is 31.1 Å². The Morgan fingerprint density at radius 2 is 1.95 bits per heavy atom. The van der Waals surface area contributed by atoms with E-state index in [-0.39, 0.29) is 36.3 Å². The standard InChI is InChI=1S/C28H29FN2O7S/c1-36-19-6-4-7-21(12-19)39(34,35)31-18-9-10-25-22(11-18)23-13-20(37-26(16-32)28(23)38-25)14-27(33)30-15-17-5-2-3-8-24(17)29/h2-12,20,23,26,28,31-32H,13-16H2,1H3,(H,30,33)/t20-,23+,26+,28-/m0/s1. The number of carbonyl (C=O) groups is 1. The lowest BCUT2D eigenvalue weighted by Crippen LogP contribution is -2.47. The Bertz CT molecular complexity index is 1470. The second-order valence-electron chi connectivity index (χ2n) is 9.51. The van der Waals surface area contributed by atoms with Gasteiger partial charge in [-0.05, 0) is 42.8 Å². The zero-order valence-electron chi connectivity index (χ0n) is 21.2. The number of benzene rings is 3. The van der Waals surface area contributed by atoms with Crippen LogP contribution in [-0.2, 0) is 26.1 Å². The Labute approximate surface area is 226 Å². The van der Waals surface area contributed by atoms with Crippen LogP contribution in [0.15, 0.2) is 71.6 Å². The van der Waals surface area contributed by atoms with Gasteiger partial charge in [-0.25, -0.2) is 12.8 Å². The van der Waals surface area contributed by atoms with E-state index in [9.17, 15) is 22.7 Å². The van der Waals surface area contributed by atoms with Crippen molar-refractivity contribution in [3.8, 4) is 11.5 Å². The van der Waals surface area contributed by atoms with Crippen LogP contribution in [0.25, 0.3) is 0 Å². The lowest BCUT2D eigenvalue weighted by molar-refractivity contribution is -0.142. The number of aliphatic hydroxyl groups is 1. The summed E-state index contributed by atoms with van der Waals surface area (Å²) in [5.74, 6) is 0.0617. The number of hydrogen-bond donors (Lipinski definition) is 3. The monoisotopic (exact) mass is 556 g/mol. The molecule has 2 aliphatic heterocycles. The van der Waals surface area contributed by atoms with Crippen molar-refractivity contribution in [3.05, 3.63) is 83.7 Å². The van der Waals surface area contributed by atoms with E-state index in [1.165, 1.54) is 25.3 Å². The molecule has 0 aliphatic carbocycles. The maximum Gasteiger partial charge on any atom is 0.262 e. The molecule has 2 heterocycles. The molecule has 3 aromatic carbocycles. The van der Waals surface area contributed by atoms with Gasteiger partial charge in [-0.2, -0.15) is 0 Å². The second kappa shape index (κ2) is 11.2. The topological polar surface area (TPSA) is 123 Å². The third-order valence-electron chi connectivity index (χ3n) is 6.95. The number of rotatable bonds is 9. The molecule has 0 aromatic heterocycles. The van der Waals surface area contributed by atoms with Crippen LogP contribution < -0.4 is 19.5 Å². The van der Waals surface area contributed by atoms with E-state index in [0.717, 1.165) is 5.56 Å². The number of carbonyl (C=O) groups excluding carboxylic acids is 1. The lowest BCUT2D eigenvalue weighted by Gasteiger charge is -2.37. The molecule has 9 nitrogen and oxygen atoms in total. The third-order valence-corrected chi connectivity index (χ3v) is 8.33. The number of ether oxygens (including phenoxy) is 3. The van der Waals surface area contributed by atoms with Crippen LogP contribution in [0.5, 0.6) is 11.5 Å². The molecular formula is C28H29FN2O7S. The summed E-state index contributed by atoms with van der Waals surface area (Å²) in [7, 11) is -2.42. The van der Waals surface area contributed by atoms with Crippen molar-refractivity contribution >= 4 is 21.6 Å². The number of anilines is 1. The van der Waals surface area contributed by atoms with Gasteiger partial charge in [0.25, 0.3) is 10.0 Å². The maximum absolute atomic E-state index is 13.9. The minimum absolute atomic E-state index is 0.0195. The molecule has 39 heavy (non-hydrogen) atoms. The van der Waals surface area contributed by atoms with E-state index in [4.69, 9.17) is 14.2 Å². The normalized spacial score (nSPS) is 21.8. The highest BCUT2D eigenvalue weighted by molar-refractivity contribution is 7.92. The van der Waals surface area contributed by atoms with Crippen LogP contribution in [-0.4, -0.2) is 51.5 Å². The minimum atomic E-state index is -3.88. The predicted molar refractivity (Wildman–Crippen MR) is 141 cm³/mol. The van der Waals surface area contributed by atoms with Crippen molar-refractivity contribution in [1.82, 2.24) is 5.32 Å². The summed E-state index contributed by atoms with van der Waals surface area (Å²) in [5.41, 5.74) is 1.50. The van der Waals surface area contributed by atoms with Gasteiger partial charge in [0.2, 0.25) is 5.91 Å². The molecular weight excluding hydrogens is 527 g/mol. The zero-order chi connectivity index (χ0) is 27.6. The highest BCUT2D eigenvalue weighted by atomic mass is 32.2. The van der Waals surface area contributed by atoms with Crippen molar-refractivity contribution in [1.29, 1.82) is 0 Å². The summed E-state index contributed by atoms with van der Waals surface area (Å²) >= 11 is 0. The van der Waals surface area contributed by atoms with Gasteiger partial charge in [-0.15, -0.1) is 0 Å². The van der Waals surface area contributed by atoms with Crippen molar-refractivity contribution in [2.75, 3.05) is 18.4 Å². The molecule has 0 radical (unpaired) electrons. The molecule has 5 rings (SSSR count). The maximum atomic E-state index is 13.9.